The van der Waals surface area contributed by atoms with Crippen LogP contribution in [0.2, 0.25) is 5.02 Å². The highest BCUT2D eigenvalue weighted by Gasteiger charge is 2.22. The van der Waals surface area contributed by atoms with Gasteiger partial charge in [0.25, 0.3) is 0 Å². The molecular formula is C25H24ClFN6O2. The van der Waals surface area contributed by atoms with Crippen LogP contribution in [0.3, 0.4) is 0 Å². The molecule has 1 fully saturated rings. The van der Waals surface area contributed by atoms with Crippen molar-refractivity contribution >= 4 is 28.8 Å². The number of benzene rings is 2. The van der Waals surface area contributed by atoms with Gasteiger partial charge in [-0.15, -0.1) is 10.2 Å². The van der Waals surface area contributed by atoms with Crippen LogP contribution in [0.15, 0.2) is 65.7 Å². The molecule has 8 nitrogen and oxygen atoms in total. The molecule has 1 aliphatic rings. The topological polar surface area (TPSA) is 75.7 Å². The number of nitrogens with zero attached hydrogens (tertiary/aromatic N) is 6. The van der Waals surface area contributed by atoms with Crippen LogP contribution in [0.1, 0.15) is 18.7 Å². The fourth-order valence-electron chi connectivity index (χ4n) is 4.37. The van der Waals surface area contributed by atoms with Crippen molar-refractivity contribution in [3.05, 3.63) is 87.9 Å². The van der Waals surface area contributed by atoms with Crippen LogP contribution in [0.4, 0.5) is 10.1 Å². The second kappa shape index (κ2) is 9.87. The van der Waals surface area contributed by atoms with Crippen molar-refractivity contribution in [1.82, 2.24) is 24.1 Å². The number of piperazine rings is 1. The summed E-state index contributed by atoms with van der Waals surface area (Å²) in [7, 11) is 0. The predicted octanol–water partition coefficient (Wildman–Crippen LogP) is 3.34. The number of fused-ring (bicyclic) bond motifs is 1. The van der Waals surface area contributed by atoms with E-state index in [0.717, 1.165) is 0 Å². The summed E-state index contributed by atoms with van der Waals surface area (Å²) in [6.07, 6.45) is 4.91. The minimum atomic E-state index is -0.280. The summed E-state index contributed by atoms with van der Waals surface area (Å²) < 4.78 is 17.2. The molecule has 35 heavy (non-hydrogen) atoms. The van der Waals surface area contributed by atoms with Gasteiger partial charge in [-0.25, -0.2) is 4.39 Å². The first-order chi connectivity index (χ1) is 17.0. The lowest BCUT2D eigenvalue weighted by Gasteiger charge is -2.36. The normalized spacial score (nSPS) is 14.0. The summed E-state index contributed by atoms with van der Waals surface area (Å²) in [6.45, 7) is 2.32. The zero-order chi connectivity index (χ0) is 24.4. The second-order valence-electron chi connectivity index (χ2n) is 8.43. The van der Waals surface area contributed by atoms with E-state index >= 15 is 0 Å². The Morgan fingerprint density at radius 1 is 0.971 bits per heavy atom. The monoisotopic (exact) mass is 494 g/mol. The SMILES string of the molecule is O=C(CCCc1nnc2c(=O)n(-c3ccc(Cl)cc3)ccn12)N1CCN(c2ccccc2F)CC1. The van der Waals surface area contributed by atoms with E-state index in [2.05, 4.69) is 10.2 Å². The molecule has 0 aliphatic carbocycles. The van der Waals surface area contributed by atoms with Crippen molar-refractivity contribution in [2.45, 2.75) is 19.3 Å². The molecule has 180 valence electrons. The van der Waals surface area contributed by atoms with Gasteiger partial charge in [0, 0.05) is 62.1 Å². The molecule has 0 unspecified atom stereocenters. The van der Waals surface area contributed by atoms with Crippen molar-refractivity contribution in [3.63, 3.8) is 0 Å². The summed E-state index contributed by atoms with van der Waals surface area (Å²) in [6, 6.07) is 13.7. The maximum Gasteiger partial charge on any atom is 0.300 e. The molecule has 5 rings (SSSR count). The van der Waals surface area contributed by atoms with Gasteiger partial charge in [-0.3, -0.25) is 18.6 Å². The molecule has 4 aromatic rings. The van der Waals surface area contributed by atoms with Crippen molar-refractivity contribution in [3.8, 4) is 5.69 Å². The van der Waals surface area contributed by atoms with E-state index in [4.69, 9.17) is 11.6 Å². The van der Waals surface area contributed by atoms with E-state index in [0.29, 0.717) is 67.7 Å². The van der Waals surface area contributed by atoms with Crippen molar-refractivity contribution < 1.29 is 9.18 Å². The molecule has 0 saturated carbocycles. The maximum atomic E-state index is 14.0. The highest BCUT2D eigenvalue weighted by molar-refractivity contribution is 6.30. The van der Waals surface area contributed by atoms with Crippen LogP contribution in [-0.2, 0) is 11.2 Å². The summed E-state index contributed by atoms with van der Waals surface area (Å²) in [5, 5.41) is 8.85. The molecule has 0 radical (unpaired) electrons. The van der Waals surface area contributed by atoms with Crippen molar-refractivity contribution in [2.75, 3.05) is 31.1 Å². The smallest absolute Gasteiger partial charge is 0.300 e. The molecule has 0 atom stereocenters. The average Bonchev–Trinajstić information content (AvgIpc) is 3.29. The van der Waals surface area contributed by atoms with E-state index in [1.807, 2.05) is 15.9 Å². The second-order valence-corrected chi connectivity index (χ2v) is 8.87. The Balaban J connectivity index is 1.18. The minimum Gasteiger partial charge on any atom is -0.366 e. The molecule has 0 bridgehead atoms. The first-order valence-electron chi connectivity index (χ1n) is 11.5. The third-order valence-corrected chi connectivity index (χ3v) is 6.51. The molecule has 0 N–H and O–H groups in total. The van der Waals surface area contributed by atoms with Gasteiger partial charge >= 0.3 is 5.56 Å². The summed E-state index contributed by atoms with van der Waals surface area (Å²) >= 11 is 5.94. The molecule has 1 saturated heterocycles. The van der Waals surface area contributed by atoms with Crippen LogP contribution in [-0.4, -0.2) is 56.2 Å². The number of hydrogen-bond donors (Lipinski definition) is 0. The van der Waals surface area contributed by atoms with Crippen molar-refractivity contribution in [1.29, 1.82) is 0 Å². The lowest BCUT2D eigenvalue weighted by Crippen LogP contribution is -2.49. The number of aryl methyl sites for hydroxylation is 1. The van der Waals surface area contributed by atoms with E-state index < -0.39 is 0 Å². The summed E-state index contributed by atoms with van der Waals surface area (Å²) in [5.74, 6) is 0.461. The van der Waals surface area contributed by atoms with Gasteiger partial charge in [-0.1, -0.05) is 23.7 Å². The fourth-order valence-corrected chi connectivity index (χ4v) is 4.50. The van der Waals surface area contributed by atoms with Gasteiger partial charge in [0.2, 0.25) is 11.6 Å². The van der Waals surface area contributed by atoms with Gasteiger partial charge in [-0.05, 0) is 42.8 Å². The number of anilines is 1. The molecule has 1 amide bonds. The quantitative estimate of drug-likeness (QED) is 0.411. The first-order valence-corrected chi connectivity index (χ1v) is 11.9. The van der Waals surface area contributed by atoms with Crippen LogP contribution in [0, 0.1) is 5.82 Å². The maximum absolute atomic E-state index is 14.0. The van der Waals surface area contributed by atoms with Crippen LogP contribution >= 0.6 is 11.6 Å². The zero-order valence-corrected chi connectivity index (χ0v) is 19.7. The van der Waals surface area contributed by atoms with Crippen LogP contribution in [0.5, 0.6) is 0 Å². The molecular weight excluding hydrogens is 471 g/mol. The van der Waals surface area contributed by atoms with E-state index in [9.17, 15) is 14.0 Å². The van der Waals surface area contributed by atoms with Gasteiger partial charge in [0.1, 0.15) is 11.6 Å². The summed E-state index contributed by atoms with van der Waals surface area (Å²) in [4.78, 5) is 29.4. The number of carbonyl (C=O) groups excluding carboxylic acids is 1. The van der Waals surface area contributed by atoms with Crippen molar-refractivity contribution in [2.24, 2.45) is 0 Å². The largest absolute Gasteiger partial charge is 0.366 e. The average molecular weight is 495 g/mol. The third kappa shape index (κ3) is 4.77. The minimum absolute atomic E-state index is 0.0668. The summed E-state index contributed by atoms with van der Waals surface area (Å²) in [5.41, 5.74) is 1.21. The zero-order valence-electron chi connectivity index (χ0n) is 19.0. The van der Waals surface area contributed by atoms with Gasteiger partial charge in [0.15, 0.2) is 0 Å². The first kappa shape index (κ1) is 23.0. The number of rotatable bonds is 6. The van der Waals surface area contributed by atoms with E-state index in [1.54, 1.807) is 53.2 Å². The Kier molecular flexibility index (Phi) is 6.50. The van der Waals surface area contributed by atoms with Crippen LogP contribution in [0.25, 0.3) is 11.3 Å². The number of hydrogen-bond acceptors (Lipinski definition) is 5. The number of carbonyl (C=O) groups is 1. The van der Waals surface area contributed by atoms with E-state index in [-0.39, 0.29) is 22.9 Å². The molecule has 2 aromatic carbocycles. The van der Waals surface area contributed by atoms with Gasteiger partial charge in [0.05, 0.1) is 5.69 Å². The lowest BCUT2D eigenvalue weighted by molar-refractivity contribution is -0.131. The molecule has 10 heteroatoms. The number of aromatic nitrogens is 4. The Hall–Kier alpha value is -3.72. The third-order valence-electron chi connectivity index (χ3n) is 6.26. The Bertz CT molecular complexity index is 1410. The van der Waals surface area contributed by atoms with Gasteiger partial charge < -0.3 is 9.80 Å². The highest BCUT2D eigenvalue weighted by atomic mass is 35.5. The molecule has 3 heterocycles. The number of para-hydroxylation sites is 1. The Labute approximate surface area is 206 Å². The number of amides is 1. The molecule has 1 aliphatic heterocycles. The van der Waals surface area contributed by atoms with E-state index in [1.165, 1.54) is 10.6 Å². The highest BCUT2D eigenvalue weighted by Crippen LogP contribution is 2.20. The fraction of sp³-hybridized carbons (Fsp3) is 0.280. The number of halogens is 2. The van der Waals surface area contributed by atoms with Crippen LogP contribution < -0.4 is 10.5 Å². The molecule has 0 spiro atoms. The standard InChI is InChI=1S/C25H24ClFN6O2/c26-18-8-10-19(11-9-18)32-16-17-33-22(28-29-24(33)25(32)35)6-3-7-23(34)31-14-12-30(13-15-31)21-5-2-1-4-20(21)27/h1-2,4-5,8-11,16-17H,3,6-7,12-15H2. The Morgan fingerprint density at radius 3 is 2.46 bits per heavy atom. The molecule has 2 aromatic heterocycles. The predicted molar refractivity (Wildman–Crippen MR) is 132 cm³/mol. The Morgan fingerprint density at radius 2 is 1.71 bits per heavy atom. The lowest BCUT2D eigenvalue weighted by atomic mass is 10.2. The van der Waals surface area contributed by atoms with Gasteiger partial charge in [-0.2, -0.15) is 0 Å².